The highest BCUT2D eigenvalue weighted by atomic mass is 35.5. The number of hydrogen-bond acceptors (Lipinski definition) is 4. The second-order valence-corrected chi connectivity index (χ2v) is 12.1. The van der Waals surface area contributed by atoms with Crippen LogP contribution in [0.2, 0.25) is 5.02 Å². The SMILES string of the molecule is CC[C@@H](C)NC(=O)[C@H](C)N(Cc1cccc(C)c1)C(=O)CN(c1cc(Cl)ccc1C)S(=O)(=O)c1ccccc1. The van der Waals surface area contributed by atoms with Crippen LogP contribution in [0, 0.1) is 13.8 Å². The first-order valence-corrected chi connectivity index (χ1v) is 14.7. The number of nitrogens with zero attached hydrogens (tertiary/aromatic N) is 2. The molecular formula is C30H36ClN3O4S. The molecule has 0 radical (unpaired) electrons. The molecule has 0 saturated heterocycles. The Morgan fingerprint density at radius 3 is 2.28 bits per heavy atom. The molecule has 0 aliphatic carbocycles. The van der Waals surface area contributed by atoms with Crippen LogP contribution in [-0.4, -0.2) is 43.8 Å². The average Bonchev–Trinajstić information content (AvgIpc) is 2.91. The summed E-state index contributed by atoms with van der Waals surface area (Å²) in [7, 11) is -4.14. The molecule has 0 aromatic heterocycles. The summed E-state index contributed by atoms with van der Waals surface area (Å²) in [5, 5.41) is 3.28. The summed E-state index contributed by atoms with van der Waals surface area (Å²) in [6.07, 6.45) is 0.738. The van der Waals surface area contributed by atoms with Crippen LogP contribution in [0.1, 0.15) is 43.9 Å². The molecule has 7 nitrogen and oxygen atoms in total. The third kappa shape index (κ3) is 7.61. The number of halogens is 1. The molecular weight excluding hydrogens is 534 g/mol. The lowest BCUT2D eigenvalue weighted by Crippen LogP contribution is -2.52. The van der Waals surface area contributed by atoms with Gasteiger partial charge in [-0.1, -0.05) is 72.6 Å². The van der Waals surface area contributed by atoms with Gasteiger partial charge >= 0.3 is 0 Å². The van der Waals surface area contributed by atoms with Gasteiger partial charge in [0.25, 0.3) is 10.0 Å². The van der Waals surface area contributed by atoms with E-state index in [4.69, 9.17) is 11.6 Å². The van der Waals surface area contributed by atoms with Gasteiger partial charge < -0.3 is 10.2 Å². The summed E-state index contributed by atoms with van der Waals surface area (Å²) in [6, 6.07) is 19.6. The van der Waals surface area contributed by atoms with Crippen molar-refractivity contribution in [1.82, 2.24) is 10.2 Å². The predicted molar refractivity (Wildman–Crippen MR) is 156 cm³/mol. The molecule has 0 heterocycles. The highest BCUT2D eigenvalue weighted by Crippen LogP contribution is 2.30. The fourth-order valence-corrected chi connectivity index (χ4v) is 5.80. The lowest BCUT2D eigenvalue weighted by atomic mass is 10.1. The highest BCUT2D eigenvalue weighted by molar-refractivity contribution is 7.92. The molecule has 208 valence electrons. The van der Waals surface area contributed by atoms with E-state index in [2.05, 4.69) is 5.32 Å². The van der Waals surface area contributed by atoms with E-state index in [1.807, 2.05) is 45.0 Å². The summed E-state index contributed by atoms with van der Waals surface area (Å²) in [6.45, 7) is 8.86. The van der Waals surface area contributed by atoms with Crippen molar-refractivity contribution < 1.29 is 18.0 Å². The summed E-state index contributed by atoms with van der Waals surface area (Å²) < 4.78 is 28.8. The normalized spacial score (nSPS) is 12.9. The van der Waals surface area contributed by atoms with Crippen molar-refractivity contribution in [1.29, 1.82) is 0 Å². The maximum absolute atomic E-state index is 14.0. The number of carbonyl (C=O) groups is 2. The Morgan fingerprint density at radius 2 is 1.64 bits per heavy atom. The van der Waals surface area contributed by atoms with Crippen molar-refractivity contribution >= 4 is 39.1 Å². The fraction of sp³-hybridized carbons (Fsp3) is 0.333. The van der Waals surface area contributed by atoms with Crippen molar-refractivity contribution in [3.05, 3.63) is 94.5 Å². The van der Waals surface area contributed by atoms with Gasteiger partial charge in [0.2, 0.25) is 11.8 Å². The smallest absolute Gasteiger partial charge is 0.264 e. The van der Waals surface area contributed by atoms with E-state index in [1.54, 1.807) is 44.2 Å². The van der Waals surface area contributed by atoms with Crippen LogP contribution in [0.5, 0.6) is 0 Å². The fourth-order valence-electron chi connectivity index (χ4n) is 4.14. The number of hydrogen-bond donors (Lipinski definition) is 1. The van der Waals surface area contributed by atoms with Crippen LogP contribution >= 0.6 is 11.6 Å². The molecule has 2 amide bonds. The van der Waals surface area contributed by atoms with Gasteiger partial charge in [-0.2, -0.15) is 0 Å². The van der Waals surface area contributed by atoms with Gasteiger partial charge in [0.1, 0.15) is 12.6 Å². The van der Waals surface area contributed by atoms with Gasteiger partial charge in [-0.25, -0.2) is 8.42 Å². The van der Waals surface area contributed by atoms with E-state index >= 15 is 0 Å². The van der Waals surface area contributed by atoms with Gasteiger partial charge in [-0.05, 0) is 69.5 Å². The van der Waals surface area contributed by atoms with Crippen molar-refractivity contribution in [2.24, 2.45) is 0 Å². The van der Waals surface area contributed by atoms with E-state index in [1.165, 1.54) is 23.1 Å². The lowest BCUT2D eigenvalue weighted by Gasteiger charge is -2.33. The standard InChI is InChI=1S/C30H36ClN3O4S/c1-6-23(4)32-30(36)24(5)33(19-25-12-10-11-21(2)17-25)29(35)20-34(28-18-26(31)16-15-22(28)3)39(37,38)27-13-8-7-9-14-27/h7-18,23-24H,6,19-20H2,1-5H3,(H,32,36)/t23-,24+/m1/s1. The largest absolute Gasteiger partial charge is 0.352 e. The van der Waals surface area contributed by atoms with E-state index in [0.717, 1.165) is 21.9 Å². The quantitative estimate of drug-likeness (QED) is 0.331. The third-order valence-corrected chi connectivity index (χ3v) is 8.66. The van der Waals surface area contributed by atoms with E-state index in [9.17, 15) is 18.0 Å². The molecule has 0 unspecified atom stereocenters. The Hall–Kier alpha value is -3.36. The van der Waals surface area contributed by atoms with Crippen molar-refractivity contribution in [3.63, 3.8) is 0 Å². The molecule has 0 aliphatic heterocycles. The van der Waals surface area contributed by atoms with Gasteiger partial charge in [-0.15, -0.1) is 0 Å². The third-order valence-electron chi connectivity index (χ3n) is 6.65. The van der Waals surface area contributed by atoms with E-state index < -0.39 is 28.5 Å². The molecule has 1 N–H and O–H groups in total. The summed E-state index contributed by atoms with van der Waals surface area (Å²) in [5.74, 6) is -0.816. The molecule has 3 rings (SSSR count). The zero-order chi connectivity index (χ0) is 28.7. The minimum atomic E-state index is -4.14. The van der Waals surface area contributed by atoms with Gasteiger partial charge in [0.05, 0.1) is 10.6 Å². The molecule has 0 spiro atoms. The second kappa shape index (κ2) is 13.1. The summed E-state index contributed by atoms with van der Waals surface area (Å²) in [4.78, 5) is 28.6. The topological polar surface area (TPSA) is 86.8 Å². The predicted octanol–water partition coefficient (Wildman–Crippen LogP) is 5.48. The highest BCUT2D eigenvalue weighted by Gasteiger charge is 2.33. The van der Waals surface area contributed by atoms with Crippen LogP contribution in [0.15, 0.2) is 77.7 Å². The molecule has 3 aromatic carbocycles. The zero-order valence-corrected chi connectivity index (χ0v) is 24.6. The van der Waals surface area contributed by atoms with Crippen LogP contribution < -0.4 is 9.62 Å². The molecule has 0 fully saturated rings. The Labute approximate surface area is 236 Å². The first kappa shape index (κ1) is 30.2. The van der Waals surface area contributed by atoms with E-state index in [-0.39, 0.29) is 23.4 Å². The molecule has 39 heavy (non-hydrogen) atoms. The molecule has 2 atom stereocenters. The Bertz CT molecular complexity index is 1410. The number of carbonyl (C=O) groups excluding carboxylic acids is 2. The monoisotopic (exact) mass is 569 g/mol. The molecule has 3 aromatic rings. The Balaban J connectivity index is 2.06. The van der Waals surface area contributed by atoms with E-state index in [0.29, 0.717) is 16.3 Å². The maximum atomic E-state index is 14.0. The molecule has 0 aliphatic rings. The van der Waals surface area contributed by atoms with Crippen molar-refractivity contribution in [2.75, 3.05) is 10.8 Å². The molecule has 0 bridgehead atoms. The van der Waals surface area contributed by atoms with Crippen molar-refractivity contribution in [3.8, 4) is 0 Å². The first-order valence-electron chi connectivity index (χ1n) is 12.9. The number of sulfonamides is 1. The van der Waals surface area contributed by atoms with Crippen LogP contribution in [0.4, 0.5) is 5.69 Å². The first-order chi connectivity index (χ1) is 18.4. The maximum Gasteiger partial charge on any atom is 0.264 e. The van der Waals surface area contributed by atoms with Crippen LogP contribution in [0.25, 0.3) is 0 Å². The second-order valence-electron chi connectivity index (χ2n) is 9.76. The number of nitrogens with one attached hydrogen (secondary N) is 1. The Morgan fingerprint density at radius 1 is 0.949 bits per heavy atom. The molecule has 0 saturated carbocycles. The summed E-state index contributed by atoms with van der Waals surface area (Å²) >= 11 is 6.26. The minimum absolute atomic E-state index is 0.0463. The van der Waals surface area contributed by atoms with Crippen LogP contribution in [-0.2, 0) is 26.2 Å². The van der Waals surface area contributed by atoms with Gasteiger partial charge in [0, 0.05) is 17.6 Å². The number of anilines is 1. The van der Waals surface area contributed by atoms with Crippen molar-refractivity contribution in [2.45, 2.75) is 64.6 Å². The molecule has 9 heteroatoms. The number of amides is 2. The van der Waals surface area contributed by atoms with Gasteiger partial charge in [-0.3, -0.25) is 13.9 Å². The number of rotatable bonds is 11. The minimum Gasteiger partial charge on any atom is -0.352 e. The summed E-state index contributed by atoms with van der Waals surface area (Å²) in [5.41, 5.74) is 2.79. The van der Waals surface area contributed by atoms with Crippen LogP contribution in [0.3, 0.4) is 0 Å². The average molecular weight is 570 g/mol. The Kier molecular flexibility index (Phi) is 10.2. The zero-order valence-electron chi connectivity index (χ0n) is 23.0. The lowest BCUT2D eigenvalue weighted by molar-refractivity contribution is -0.139. The van der Waals surface area contributed by atoms with Gasteiger partial charge in [0.15, 0.2) is 0 Å². The number of benzene rings is 3. The number of aryl methyl sites for hydroxylation is 2.